The number of aromatic nitrogens is 1. The van der Waals surface area contributed by atoms with E-state index in [1.165, 1.54) is 0 Å². The largest absolute Gasteiger partial charge is 0.388 e. The SMILES string of the molecule is O=NN(CCc1c[nH]c2ccccc12)C1OC[C@@H](O)[C@H](O)[C@H]1O. The molecule has 0 aliphatic carbocycles. The molecule has 3 rings (SSSR count). The van der Waals surface area contributed by atoms with E-state index >= 15 is 0 Å². The van der Waals surface area contributed by atoms with Gasteiger partial charge in [0.25, 0.3) is 0 Å². The van der Waals surface area contributed by atoms with E-state index in [0.29, 0.717) is 6.42 Å². The van der Waals surface area contributed by atoms with Crippen LogP contribution >= 0.6 is 0 Å². The van der Waals surface area contributed by atoms with Crippen LogP contribution in [0.4, 0.5) is 0 Å². The molecule has 4 atom stereocenters. The first-order chi connectivity index (χ1) is 11.1. The summed E-state index contributed by atoms with van der Waals surface area (Å²) in [5.74, 6) is 0. The lowest BCUT2D eigenvalue weighted by Crippen LogP contribution is -2.58. The summed E-state index contributed by atoms with van der Waals surface area (Å²) in [5, 5.41) is 34.1. The summed E-state index contributed by atoms with van der Waals surface area (Å²) in [6.45, 7) is 0.0535. The monoisotopic (exact) mass is 321 g/mol. The number of nitrogens with one attached hydrogen (secondary N) is 1. The van der Waals surface area contributed by atoms with E-state index in [9.17, 15) is 20.2 Å². The van der Waals surface area contributed by atoms with E-state index in [4.69, 9.17) is 4.74 Å². The summed E-state index contributed by atoms with van der Waals surface area (Å²) >= 11 is 0. The third kappa shape index (κ3) is 3.06. The van der Waals surface area contributed by atoms with Gasteiger partial charge in [0.2, 0.25) is 0 Å². The molecule has 1 fully saturated rings. The first-order valence-electron chi connectivity index (χ1n) is 7.42. The second-order valence-corrected chi connectivity index (χ2v) is 5.63. The average molecular weight is 321 g/mol. The molecule has 0 bridgehead atoms. The van der Waals surface area contributed by atoms with Gasteiger partial charge in [-0.25, -0.2) is 5.01 Å². The summed E-state index contributed by atoms with van der Waals surface area (Å²) in [6.07, 6.45) is -2.64. The average Bonchev–Trinajstić information content (AvgIpc) is 2.98. The van der Waals surface area contributed by atoms with Crippen molar-refractivity contribution in [3.05, 3.63) is 40.9 Å². The van der Waals surface area contributed by atoms with E-state index in [1.54, 1.807) is 0 Å². The number of fused-ring (bicyclic) bond motifs is 1. The summed E-state index contributed by atoms with van der Waals surface area (Å²) < 4.78 is 5.25. The molecule has 124 valence electrons. The lowest BCUT2D eigenvalue weighted by molar-refractivity contribution is -0.229. The quantitative estimate of drug-likeness (QED) is 0.459. The van der Waals surface area contributed by atoms with Crippen molar-refractivity contribution in [3.8, 4) is 0 Å². The Kier molecular flexibility index (Phi) is 4.58. The maximum Gasteiger partial charge on any atom is 0.177 e. The molecule has 1 aliphatic heterocycles. The molecule has 0 spiro atoms. The standard InChI is InChI=1S/C15H19N3O5/c19-12-8-23-15(14(21)13(12)20)18(17-22)6-5-9-7-16-11-4-2-1-3-10(9)11/h1-4,7,12-16,19-21H,5-6,8H2/t12-,13+,14-,15?/m1/s1. The number of hydrogen-bond acceptors (Lipinski definition) is 6. The normalized spacial score (nSPS) is 28.0. The lowest BCUT2D eigenvalue weighted by Gasteiger charge is -2.38. The summed E-state index contributed by atoms with van der Waals surface area (Å²) in [4.78, 5) is 14.2. The Balaban J connectivity index is 1.69. The second kappa shape index (κ2) is 6.63. The zero-order chi connectivity index (χ0) is 16.4. The number of rotatable bonds is 5. The molecule has 1 aromatic carbocycles. The molecule has 1 saturated heterocycles. The van der Waals surface area contributed by atoms with Crippen molar-refractivity contribution in [3.63, 3.8) is 0 Å². The highest BCUT2D eigenvalue weighted by Gasteiger charge is 2.41. The molecule has 0 radical (unpaired) electrons. The van der Waals surface area contributed by atoms with Crippen molar-refractivity contribution >= 4 is 10.9 Å². The molecule has 1 aromatic heterocycles. The van der Waals surface area contributed by atoms with Gasteiger partial charge in [-0.2, -0.15) is 0 Å². The van der Waals surface area contributed by atoms with Gasteiger partial charge < -0.3 is 25.0 Å². The Morgan fingerprint density at radius 2 is 2.04 bits per heavy atom. The maximum absolute atomic E-state index is 11.1. The zero-order valence-electron chi connectivity index (χ0n) is 12.4. The third-order valence-corrected chi connectivity index (χ3v) is 4.16. The van der Waals surface area contributed by atoms with E-state index < -0.39 is 24.5 Å². The van der Waals surface area contributed by atoms with E-state index in [1.807, 2.05) is 30.5 Å². The molecule has 0 saturated carbocycles. The Morgan fingerprint density at radius 3 is 2.83 bits per heavy atom. The summed E-state index contributed by atoms with van der Waals surface area (Å²) in [7, 11) is 0. The van der Waals surface area contributed by atoms with Crippen molar-refractivity contribution in [1.29, 1.82) is 0 Å². The van der Waals surface area contributed by atoms with Gasteiger partial charge in [0.15, 0.2) is 6.23 Å². The molecular formula is C15H19N3O5. The topological polar surface area (TPSA) is 118 Å². The van der Waals surface area contributed by atoms with Gasteiger partial charge in [-0.15, -0.1) is 4.91 Å². The van der Waals surface area contributed by atoms with Crippen molar-refractivity contribution < 1.29 is 20.1 Å². The molecule has 8 nitrogen and oxygen atoms in total. The molecule has 4 N–H and O–H groups in total. The number of ether oxygens (including phenoxy) is 1. The number of benzene rings is 1. The first kappa shape index (κ1) is 15.9. The second-order valence-electron chi connectivity index (χ2n) is 5.63. The van der Waals surface area contributed by atoms with Crippen molar-refractivity contribution in [1.82, 2.24) is 9.99 Å². The Labute approximate surface area is 132 Å². The highest BCUT2D eigenvalue weighted by molar-refractivity contribution is 5.83. The molecule has 2 heterocycles. The lowest BCUT2D eigenvalue weighted by atomic mass is 10.0. The minimum Gasteiger partial charge on any atom is -0.388 e. The minimum atomic E-state index is -1.40. The Morgan fingerprint density at radius 1 is 1.26 bits per heavy atom. The first-order valence-corrected chi connectivity index (χ1v) is 7.42. The molecule has 2 aromatic rings. The number of aliphatic hydroxyl groups is 3. The maximum atomic E-state index is 11.1. The van der Waals surface area contributed by atoms with Crippen LogP contribution in [0.5, 0.6) is 0 Å². The van der Waals surface area contributed by atoms with Crippen LogP contribution in [0.2, 0.25) is 0 Å². The number of nitrogens with zero attached hydrogens (tertiary/aromatic N) is 2. The van der Waals surface area contributed by atoms with Gasteiger partial charge in [-0.1, -0.05) is 18.2 Å². The number of aliphatic hydroxyl groups excluding tert-OH is 3. The van der Waals surface area contributed by atoms with Crippen LogP contribution < -0.4 is 0 Å². The molecule has 8 heteroatoms. The van der Waals surface area contributed by atoms with Crippen molar-refractivity contribution in [2.75, 3.05) is 13.2 Å². The number of nitroso groups, excluding NO2 is 1. The summed E-state index contributed by atoms with van der Waals surface area (Å²) in [6, 6.07) is 7.80. The Bertz CT molecular complexity index is 676. The number of aromatic amines is 1. The van der Waals surface area contributed by atoms with Gasteiger partial charge in [-0.3, -0.25) is 0 Å². The predicted octanol–water partition coefficient (Wildman–Crippen LogP) is 0.133. The zero-order valence-corrected chi connectivity index (χ0v) is 12.4. The third-order valence-electron chi connectivity index (χ3n) is 4.16. The Hall–Kier alpha value is -2.00. The molecule has 23 heavy (non-hydrogen) atoms. The van der Waals surface area contributed by atoms with Gasteiger partial charge in [0.1, 0.15) is 18.3 Å². The highest BCUT2D eigenvalue weighted by atomic mass is 16.5. The van der Waals surface area contributed by atoms with Crippen LogP contribution in [0, 0.1) is 4.91 Å². The van der Waals surface area contributed by atoms with Gasteiger partial charge in [0, 0.05) is 23.6 Å². The van der Waals surface area contributed by atoms with Crippen LogP contribution in [0.15, 0.2) is 35.7 Å². The fourth-order valence-electron chi connectivity index (χ4n) is 2.84. The van der Waals surface area contributed by atoms with Crippen LogP contribution in [-0.4, -0.2) is 63.0 Å². The number of para-hydroxylation sites is 1. The van der Waals surface area contributed by atoms with E-state index in [-0.39, 0.29) is 13.2 Å². The van der Waals surface area contributed by atoms with Gasteiger partial charge in [-0.05, 0) is 18.1 Å². The minimum absolute atomic E-state index is 0.165. The molecule has 1 unspecified atom stereocenters. The fourth-order valence-corrected chi connectivity index (χ4v) is 2.84. The van der Waals surface area contributed by atoms with Crippen LogP contribution in [0.1, 0.15) is 5.56 Å². The highest BCUT2D eigenvalue weighted by Crippen LogP contribution is 2.22. The van der Waals surface area contributed by atoms with Crippen LogP contribution in [0.25, 0.3) is 10.9 Å². The smallest absolute Gasteiger partial charge is 0.177 e. The van der Waals surface area contributed by atoms with Crippen LogP contribution in [0.3, 0.4) is 0 Å². The van der Waals surface area contributed by atoms with E-state index in [2.05, 4.69) is 10.3 Å². The van der Waals surface area contributed by atoms with Crippen molar-refractivity contribution in [2.45, 2.75) is 31.0 Å². The van der Waals surface area contributed by atoms with Crippen molar-refractivity contribution in [2.24, 2.45) is 5.29 Å². The molecule has 0 amide bonds. The van der Waals surface area contributed by atoms with E-state index in [0.717, 1.165) is 21.5 Å². The van der Waals surface area contributed by atoms with Crippen LogP contribution in [-0.2, 0) is 11.2 Å². The molecular weight excluding hydrogens is 302 g/mol. The molecule has 1 aliphatic rings. The fraction of sp³-hybridized carbons (Fsp3) is 0.467. The number of hydrogen-bond donors (Lipinski definition) is 4. The van der Waals surface area contributed by atoms with Gasteiger partial charge >= 0.3 is 0 Å². The predicted molar refractivity (Wildman–Crippen MR) is 82.3 cm³/mol. The number of H-pyrrole nitrogens is 1. The van der Waals surface area contributed by atoms with Gasteiger partial charge in [0.05, 0.1) is 11.9 Å². The summed E-state index contributed by atoms with van der Waals surface area (Å²) in [5.41, 5.74) is 2.01.